The number of azo groups is 2. The van der Waals surface area contributed by atoms with Gasteiger partial charge in [-0.05, 0) is 54.6 Å². The number of benzene rings is 3. The fourth-order valence-electron chi connectivity index (χ4n) is 2.22. The Morgan fingerprint density at radius 2 is 1.17 bits per heavy atom. The van der Waals surface area contributed by atoms with E-state index in [0.717, 1.165) is 12.1 Å². The first kappa shape index (κ1) is 20.7. The summed E-state index contributed by atoms with van der Waals surface area (Å²) >= 11 is 0. The first-order valence-electron chi connectivity index (χ1n) is 8.18. The molecule has 0 aromatic heterocycles. The Labute approximate surface area is 169 Å². The molecule has 3 rings (SSSR count). The van der Waals surface area contributed by atoms with Gasteiger partial charge in [0.25, 0.3) is 5.69 Å². The molecule has 0 atom stereocenters. The van der Waals surface area contributed by atoms with Gasteiger partial charge in [0.2, 0.25) is 0 Å². The maximum Gasteiger partial charge on any atom is 0.335 e. The van der Waals surface area contributed by atoms with Crippen molar-refractivity contribution >= 4 is 38.7 Å². The summed E-state index contributed by atoms with van der Waals surface area (Å²) in [5.41, 5.74) is 1.32. The van der Waals surface area contributed by atoms with E-state index in [4.69, 9.17) is 0 Å². The van der Waals surface area contributed by atoms with Crippen LogP contribution in [0.4, 0.5) is 32.3 Å². The second-order valence-electron chi connectivity index (χ2n) is 5.78. The Hall–Kier alpha value is -4.06. The zero-order chi connectivity index (χ0) is 21.7. The maximum atomic E-state index is 13.1. The van der Waals surface area contributed by atoms with Crippen molar-refractivity contribution in [3.63, 3.8) is 0 Å². The molecule has 0 aliphatic carbocycles. The largest absolute Gasteiger partial charge is 0.506 e. The number of phenols is 1. The van der Waals surface area contributed by atoms with E-state index in [2.05, 4.69) is 20.5 Å². The molecule has 0 bridgehead atoms. The van der Waals surface area contributed by atoms with Crippen LogP contribution in [0.15, 0.2) is 92.1 Å². The molecule has 12 heteroatoms. The number of nitrogens with zero attached hydrogens (tertiary/aromatic N) is 5. The second-order valence-corrected chi connectivity index (χ2v) is 7.10. The van der Waals surface area contributed by atoms with E-state index in [9.17, 15) is 27.5 Å². The first-order chi connectivity index (χ1) is 14.2. The number of rotatable bonds is 6. The van der Waals surface area contributed by atoms with Gasteiger partial charge in [-0.2, -0.15) is 28.9 Å². The Bertz CT molecular complexity index is 1240. The van der Waals surface area contributed by atoms with Crippen LogP contribution >= 0.6 is 0 Å². The van der Waals surface area contributed by atoms with E-state index in [-0.39, 0.29) is 11.4 Å². The van der Waals surface area contributed by atoms with Gasteiger partial charge in [0.1, 0.15) is 10.6 Å². The van der Waals surface area contributed by atoms with Crippen LogP contribution < -0.4 is 0 Å². The standard InChI is InChI=1S/C18H12FN5O5S/c19-30(28,29)18-11-15(7-10-17(18)25)23-22-13-3-1-12(2-4-13)20-21-14-5-8-16(9-6-14)24(26)27/h1-11,25H. The van der Waals surface area contributed by atoms with Crippen LogP contribution in [0.3, 0.4) is 0 Å². The smallest absolute Gasteiger partial charge is 0.335 e. The first-order valence-corrected chi connectivity index (χ1v) is 9.56. The van der Waals surface area contributed by atoms with E-state index in [1.807, 2.05) is 0 Å². The number of phenolic OH excluding ortho intramolecular Hbond substituents is 1. The lowest BCUT2D eigenvalue weighted by molar-refractivity contribution is -0.384. The van der Waals surface area contributed by atoms with Crippen LogP contribution in [0.1, 0.15) is 0 Å². The molecule has 0 saturated carbocycles. The van der Waals surface area contributed by atoms with Gasteiger partial charge in [0.15, 0.2) is 0 Å². The normalized spacial score (nSPS) is 11.9. The van der Waals surface area contributed by atoms with Crippen molar-refractivity contribution < 1.29 is 22.3 Å². The maximum absolute atomic E-state index is 13.1. The molecular formula is C18H12FN5O5S. The van der Waals surface area contributed by atoms with Crippen molar-refractivity contribution in [3.05, 3.63) is 76.8 Å². The van der Waals surface area contributed by atoms with Gasteiger partial charge in [-0.3, -0.25) is 10.1 Å². The van der Waals surface area contributed by atoms with Gasteiger partial charge >= 0.3 is 10.2 Å². The molecule has 0 spiro atoms. The number of nitro groups is 1. The third kappa shape index (κ3) is 5.26. The third-order valence-corrected chi connectivity index (χ3v) is 4.53. The molecule has 152 valence electrons. The Kier molecular flexibility index (Phi) is 5.88. The SMILES string of the molecule is O=[N+]([O-])c1ccc(N=Nc2ccc(N=Nc3ccc(O)c(S(=O)(=O)F)c3)cc2)cc1. The molecule has 0 saturated heterocycles. The zero-order valence-corrected chi connectivity index (χ0v) is 15.8. The number of halogens is 1. The fraction of sp³-hybridized carbons (Fsp3) is 0. The van der Waals surface area contributed by atoms with Crippen molar-refractivity contribution in [2.75, 3.05) is 0 Å². The van der Waals surface area contributed by atoms with Crippen LogP contribution in [-0.4, -0.2) is 18.4 Å². The van der Waals surface area contributed by atoms with E-state index >= 15 is 0 Å². The molecule has 30 heavy (non-hydrogen) atoms. The summed E-state index contributed by atoms with van der Waals surface area (Å²) < 4.78 is 35.1. The van der Waals surface area contributed by atoms with Crippen LogP contribution in [0.25, 0.3) is 0 Å². The zero-order valence-electron chi connectivity index (χ0n) is 15.0. The molecule has 0 aliphatic heterocycles. The summed E-state index contributed by atoms with van der Waals surface area (Å²) in [4.78, 5) is 9.22. The molecule has 0 fully saturated rings. The average molecular weight is 429 g/mol. The average Bonchev–Trinajstić information content (AvgIpc) is 2.72. The van der Waals surface area contributed by atoms with Crippen molar-refractivity contribution in [2.24, 2.45) is 20.5 Å². The number of hydrogen-bond acceptors (Lipinski definition) is 9. The highest BCUT2D eigenvalue weighted by Gasteiger charge is 2.17. The highest BCUT2D eigenvalue weighted by atomic mass is 32.3. The number of aromatic hydroxyl groups is 1. The van der Waals surface area contributed by atoms with Crippen molar-refractivity contribution in [1.29, 1.82) is 0 Å². The molecule has 3 aromatic carbocycles. The van der Waals surface area contributed by atoms with E-state index in [1.165, 1.54) is 30.3 Å². The van der Waals surface area contributed by atoms with Gasteiger partial charge in [-0.15, -0.1) is 3.89 Å². The minimum absolute atomic E-state index is 0.0333. The molecule has 1 N–H and O–H groups in total. The topological polar surface area (TPSA) is 147 Å². The molecule has 0 heterocycles. The Balaban J connectivity index is 1.71. The van der Waals surface area contributed by atoms with Gasteiger partial charge in [-0.25, -0.2) is 0 Å². The van der Waals surface area contributed by atoms with Crippen LogP contribution in [0, 0.1) is 10.1 Å². The summed E-state index contributed by atoms with van der Waals surface area (Å²) in [5.74, 6) is -0.723. The van der Waals surface area contributed by atoms with Gasteiger partial charge in [0.05, 0.1) is 27.7 Å². The Morgan fingerprint density at radius 1 is 0.767 bits per heavy atom. The van der Waals surface area contributed by atoms with E-state index in [1.54, 1.807) is 24.3 Å². The summed E-state index contributed by atoms with van der Waals surface area (Å²) in [6.07, 6.45) is 0. The van der Waals surface area contributed by atoms with Gasteiger partial charge in [0, 0.05) is 12.1 Å². The molecular weight excluding hydrogens is 417 g/mol. The van der Waals surface area contributed by atoms with Crippen molar-refractivity contribution in [1.82, 2.24) is 0 Å². The van der Waals surface area contributed by atoms with Crippen LogP contribution in [0.5, 0.6) is 5.75 Å². The van der Waals surface area contributed by atoms with Crippen LogP contribution in [-0.2, 0) is 10.2 Å². The molecule has 0 unspecified atom stereocenters. The summed E-state index contributed by atoms with van der Waals surface area (Å²) in [6.45, 7) is 0. The second kappa shape index (κ2) is 8.53. The number of nitro benzene ring substituents is 1. The van der Waals surface area contributed by atoms with Gasteiger partial charge < -0.3 is 5.11 Å². The highest BCUT2D eigenvalue weighted by Crippen LogP contribution is 2.30. The number of non-ortho nitro benzene ring substituents is 1. The highest BCUT2D eigenvalue weighted by molar-refractivity contribution is 7.86. The molecule has 0 aliphatic rings. The molecule has 3 aromatic rings. The van der Waals surface area contributed by atoms with Crippen LogP contribution in [0.2, 0.25) is 0 Å². The molecule has 0 radical (unpaired) electrons. The van der Waals surface area contributed by atoms with Gasteiger partial charge in [-0.1, -0.05) is 0 Å². The summed E-state index contributed by atoms with van der Waals surface area (Å²) in [5, 5.41) is 35.7. The Morgan fingerprint density at radius 3 is 1.60 bits per heavy atom. The third-order valence-electron chi connectivity index (χ3n) is 3.68. The molecule has 10 nitrogen and oxygen atoms in total. The quantitative estimate of drug-likeness (QED) is 0.228. The lowest BCUT2D eigenvalue weighted by atomic mass is 10.3. The lowest BCUT2D eigenvalue weighted by Crippen LogP contribution is -1.91. The van der Waals surface area contributed by atoms with Crippen molar-refractivity contribution in [3.8, 4) is 5.75 Å². The van der Waals surface area contributed by atoms with Crippen molar-refractivity contribution in [2.45, 2.75) is 4.90 Å². The number of hydrogen-bond donors (Lipinski definition) is 1. The predicted octanol–water partition coefficient (Wildman–Crippen LogP) is 5.79. The monoisotopic (exact) mass is 429 g/mol. The van der Waals surface area contributed by atoms with E-state index in [0.29, 0.717) is 17.1 Å². The lowest BCUT2D eigenvalue weighted by Gasteiger charge is -2.00. The van der Waals surface area contributed by atoms with E-state index < -0.39 is 25.8 Å². The molecule has 0 amide bonds. The summed E-state index contributed by atoms with van der Waals surface area (Å²) in [7, 11) is -5.09. The predicted molar refractivity (Wildman–Crippen MR) is 104 cm³/mol. The minimum Gasteiger partial charge on any atom is -0.506 e. The minimum atomic E-state index is -5.09. The summed E-state index contributed by atoms with van der Waals surface area (Å²) in [6, 6.07) is 15.0. The fourth-order valence-corrected chi connectivity index (χ4v) is 2.80.